The van der Waals surface area contributed by atoms with Crippen molar-refractivity contribution in [2.45, 2.75) is 91.9 Å². The second-order valence-electron chi connectivity index (χ2n) is 7.41. The third-order valence-corrected chi connectivity index (χ3v) is 19.6. The Morgan fingerprint density at radius 1 is 0.818 bits per heavy atom. The minimum absolute atomic E-state index is 1.31. The monoisotopic (exact) mass is 415 g/mol. The standard InChI is InChI=1S/C8H14N.3C4H9.Sn/c1-2-3-6-9-7-4-5-8-9;3*1-3-4-2;/h1-2H,3-8H2;3*1,3-4H2,2H3;. The zero-order valence-electron chi connectivity index (χ0n) is 15.7. The van der Waals surface area contributed by atoms with E-state index >= 15 is 0 Å². The van der Waals surface area contributed by atoms with Crippen molar-refractivity contribution in [1.82, 2.24) is 4.90 Å². The first-order valence-electron chi connectivity index (χ1n) is 10.2. The summed E-state index contributed by atoms with van der Waals surface area (Å²) in [4.78, 5) is 2.66. The first-order valence-corrected chi connectivity index (χ1v) is 17.9. The maximum absolute atomic E-state index is 2.85. The van der Waals surface area contributed by atoms with Gasteiger partial charge in [0.1, 0.15) is 0 Å². The molecule has 0 amide bonds. The van der Waals surface area contributed by atoms with Crippen LogP contribution in [0, 0.1) is 0 Å². The van der Waals surface area contributed by atoms with Gasteiger partial charge in [-0.25, -0.2) is 0 Å². The van der Waals surface area contributed by atoms with Crippen molar-refractivity contribution in [3.05, 3.63) is 10.2 Å². The van der Waals surface area contributed by atoms with Crippen molar-refractivity contribution >= 4 is 18.4 Å². The molecule has 130 valence electrons. The Bertz CT molecular complexity index is 260. The predicted octanol–water partition coefficient (Wildman–Crippen LogP) is 6.42. The molecule has 0 saturated carbocycles. The van der Waals surface area contributed by atoms with E-state index in [1.54, 1.807) is 13.3 Å². The molecule has 0 aromatic carbocycles. The Morgan fingerprint density at radius 3 is 1.77 bits per heavy atom. The molecule has 1 heterocycles. The second kappa shape index (κ2) is 12.9. The molecule has 1 fully saturated rings. The predicted molar refractivity (Wildman–Crippen MR) is 104 cm³/mol. The van der Waals surface area contributed by atoms with Gasteiger partial charge in [0, 0.05) is 0 Å². The van der Waals surface area contributed by atoms with Crippen LogP contribution in [0.25, 0.3) is 0 Å². The first kappa shape index (κ1) is 20.5. The summed E-state index contributed by atoms with van der Waals surface area (Å²) in [5, 5.41) is 0. The first-order chi connectivity index (χ1) is 10.8. The summed E-state index contributed by atoms with van der Waals surface area (Å²) < 4.78 is 7.70. The van der Waals surface area contributed by atoms with E-state index in [2.05, 4.69) is 35.8 Å². The van der Waals surface area contributed by atoms with E-state index in [4.69, 9.17) is 0 Å². The maximum atomic E-state index is 2.85. The number of hydrogen-bond acceptors (Lipinski definition) is 1. The number of likely N-dealkylation sites (tertiary alicyclic amines) is 1. The van der Waals surface area contributed by atoms with Gasteiger partial charge in [-0.3, -0.25) is 0 Å². The Hall–Kier alpha value is 0.499. The fourth-order valence-corrected chi connectivity index (χ4v) is 18.3. The van der Waals surface area contributed by atoms with Crippen LogP contribution in [0.2, 0.25) is 13.3 Å². The van der Waals surface area contributed by atoms with Crippen LogP contribution in [0.1, 0.15) is 78.6 Å². The summed E-state index contributed by atoms with van der Waals surface area (Å²) in [6.45, 7) is 11.1. The van der Waals surface area contributed by atoms with Gasteiger partial charge in [-0.1, -0.05) is 0 Å². The van der Waals surface area contributed by atoms with Crippen LogP contribution >= 0.6 is 0 Å². The molecule has 0 unspecified atom stereocenters. The van der Waals surface area contributed by atoms with Gasteiger partial charge in [-0.2, -0.15) is 0 Å². The van der Waals surface area contributed by atoms with E-state index in [1.165, 1.54) is 77.4 Å². The number of unbranched alkanes of at least 4 members (excludes halogenated alkanes) is 3. The van der Waals surface area contributed by atoms with E-state index in [1.807, 2.05) is 0 Å². The topological polar surface area (TPSA) is 3.24 Å². The van der Waals surface area contributed by atoms with E-state index in [-0.39, 0.29) is 0 Å². The van der Waals surface area contributed by atoms with Crippen LogP contribution in [-0.2, 0) is 0 Å². The molecule has 0 atom stereocenters. The third-order valence-electron chi connectivity index (χ3n) is 5.37. The fraction of sp³-hybridized carbons (Fsp3) is 0.900. The molecule has 1 aliphatic rings. The molecule has 0 aromatic rings. The van der Waals surface area contributed by atoms with Gasteiger partial charge in [0.15, 0.2) is 0 Å². The average Bonchev–Trinajstić information content (AvgIpc) is 3.06. The van der Waals surface area contributed by atoms with Crippen LogP contribution < -0.4 is 0 Å². The number of rotatable bonds is 13. The summed E-state index contributed by atoms with van der Waals surface area (Å²) in [7, 11) is 0. The molecule has 0 radical (unpaired) electrons. The van der Waals surface area contributed by atoms with E-state index < -0.39 is 18.4 Å². The molecule has 1 aliphatic heterocycles. The molecule has 1 nitrogen and oxygen atoms in total. The molecule has 22 heavy (non-hydrogen) atoms. The quantitative estimate of drug-likeness (QED) is 0.315. The van der Waals surface area contributed by atoms with Gasteiger partial charge in [-0.05, 0) is 0 Å². The van der Waals surface area contributed by atoms with Crippen LogP contribution in [-0.4, -0.2) is 42.9 Å². The van der Waals surface area contributed by atoms with Gasteiger partial charge >= 0.3 is 145 Å². The number of nitrogens with zero attached hydrogens (tertiary/aromatic N) is 1. The van der Waals surface area contributed by atoms with E-state index in [9.17, 15) is 0 Å². The summed E-state index contributed by atoms with van der Waals surface area (Å²) in [5.74, 6) is 0. The molecule has 0 spiro atoms. The van der Waals surface area contributed by atoms with Crippen molar-refractivity contribution in [2.75, 3.05) is 19.6 Å². The molecule has 1 rings (SSSR count). The zero-order chi connectivity index (χ0) is 16.1. The van der Waals surface area contributed by atoms with Gasteiger partial charge in [0.2, 0.25) is 0 Å². The van der Waals surface area contributed by atoms with E-state index in [0.29, 0.717) is 0 Å². The summed E-state index contributed by atoms with van der Waals surface area (Å²) >= 11 is -1.97. The fourth-order valence-electron chi connectivity index (χ4n) is 3.81. The average molecular weight is 414 g/mol. The summed E-state index contributed by atoms with van der Waals surface area (Å²) in [6, 6.07) is 0. The van der Waals surface area contributed by atoms with Gasteiger partial charge < -0.3 is 0 Å². The second-order valence-corrected chi connectivity index (χ2v) is 20.4. The normalized spacial score (nSPS) is 16.9. The van der Waals surface area contributed by atoms with Crippen molar-refractivity contribution < 1.29 is 0 Å². The van der Waals surface area contributed by atoms with Crippen molar-refractivity contribution in [1.29, 1.82) is 0 Å². The van der Waals surface area contributed by atoms with E-state index in [0.717, 1.165) is 0 Å². The summed E-state index contributed by atoms with van der Waals surface area (Å²) in [5.41, 5.74) is 0. The summed E-state index contributed by atoms with van der Waals surface area (Å²) in [6.07, 6.45) is 15.4. The molecule has 1 saturated heterocycles. The molecule has 2 heteroatoms. The van der Waals surface area contributed by atoms with Crippen molar-refractivity contribution in [3.8, 4) is 0 Å². The minimum atomic E-state index is -1.97. The zero-order valence-corrected chi connectivity index (χ0v) is 18.6. The Balaban J connectivity index is 2.54. The third kappa shape index (κ3) is 8.38. The SMILES string of the molecule is CCC[CH2][Sn](/[CH]=C/CCN1CCCC1)([CH2]CCC)[CH2]CCC. The molecular formula is C20H41NSn. The Labute approximate surface area is 144 Å². The van der Waals surface area contributed by atoms with Crippen LogP contribution in [0.5, 0.6) is 0 Å². The molecular weight excluding hydrogens is 373 g/mol. The van der Waals surface area contributed by atoms with Gasteiger partial charge in [0.25, 0.3) is 0 Å². The van der Waals surface area contributed by atoms with Crippen LogP contribution in [0.15, 0.2) is 10.2 Å². The number of hydrogen-bond donors (Lipinski definition) is 0. The Kier molecular flexibility index (Phi) is 12.0. The van der Waals surface area contributed by atoms with Crippen molar-refractivity contribution in [3.63, 3.8) is 0 Å². The van der Waals surface area contributed by atoms with Crippen LogP contribution in [0.3, 0.4) is 0 Å². The van der Waals surface area contributed by atoms with Gasteiger partial charge in [0.05, 0.1) is 0 Å². The molecule has 0 aliphatic carbocycles. The molecule has 0 bridgehead atoms. The van der Waals surface area contributed by atoms with Crippen LogP contribution in [0.4, 0.5) is 0 Å². The molecule has 0 aromatic heterocycles. The van der Waals surface area contributed by atoms with Gasteiger partial charge in [-0.15, -0.1) is 0 Å². The Morgan fingerprint density at radius 2 is 1.32 bits per heavy atom. The molecule has 0 N–H and O–H groups in total. The van der Waals surface area contributed by atoms with Crippen molar-refractivity contribution in [2.24, 2.45) is 0 Å².